The maximum absolute atomic E-state index is 14.7. The molecule has 2 aromatic carbocycles. The molecule has 1 heterocycles. The summed E-state index contributed by atoms with van der Waals surface area (Å²) in [6.45, 7) is 6.64. The first-order chi connectivity index (χ1) is 17.3. The van der Waals surface area contributed by atoms with Crippen molar-refractivity contribution >= 4 is 15.7 Å². The summed E-state index contributed by atoms with van der Waals surface area (Å²) in [6.07, 6.45) is 3.10. The third-order valence-electron chi connectivity index (χ3n) is 5.89. The van der Waals surface area contributed by atoms with Crippen LogP contribution >= 0.6 is 0 Å². The Morgan fingerprint density at radius 2 is 1.81 bits per heavy atom. The molecule has 1 amide bonds. The minimum Gasteiger partial charge on any atom is -0.331 e. The monoisotopic (exact) mass is 532 g/mol. The fourth-order valence-electron chi connectivity index (χ4n) is 4.34. The van der Waals surface area contributed by atoms with E-state index in [9.17, 15) is 22.0 Å². The van der Waals surface area contributed by atoms with Gasteiger partial charge in [0.25, 0.3) is 0 Å². The van der Waals surface area contributed by atoms with Crippen molar-refractivity contribution in [3.8, 4) is 11.3 Å². The van der Waals surface area contributed by atoms with Gasteiger partial charge < -0.3 is 15.2 Å². The molecule has 37 heavy (non-hydrogen) atoms. The molecule has 0 aliphatic carbocycles. The molecule has 1 aromatic heterocycles. The van der Waals surface area contributed by atoms with Gasteiger partial charge in [-0.2, -0.15) is 0 Å². The minimum atomic E-state index is -3.60. The van der Waals surface area contributed by atoms with Crippen LogP contribution in [0.5, 0.6) is 0 Å². The number of halogens is 2. The van der Waals surface area contributed by atoms with Crippen molar-refractivity contribution in [2.75, 3.05) is 25.1 Å². The van der Waals surface area contributed by atoms with Crippen LogP contribution in [0.25, 0.3) is 11.3 Å². The molecule has 0 spiro atoms. The Labute approximate surface area is 217 Å². The van der Waals surface area contributed by atoms with E-state index in [0.717, 1.165) is 30.0 Å². The van der Waals surface area contributed by atoms with Crippen LogP contribution in [0.4, 0.5) is 8.78 Å². The lowest BCUT2D eigenvalue weighted by Gasteiger charge is -2.40. The van der Waals surface area contributed by atoms with Crippen molar-refractivity contribution in [1.29, 1.82) is 0 Å². The van der Waals surface area contributed by atoms with E-state index >= 15 is 0 Å². The van der Waals surface area contributed by atoms with E-state index in [0.29, 0.717) is 25.3 Å². The average Bonchev–Trinajstić information content (AvgIpc) is 3.19. The first kappa shape index (κ1) is 28.5. The standard InChI is InChI=1S/C27H34F2N4O3S/c1-27(2,3)25(33(14-8-13-30)24(34)18-37(4,35)36)26-31-23(21-15-20(28)11-12-22(21)29)17-32(26)16-19-9-6-5-7-10-19/h5-7,9-12,15,17,25H,8,13-14,16,18,30H2,1-4H3/t25-/m0/s1. The molecule has 0 aliphatic rings. The fraction of sp³-hybridized carbons (Fsp3) is 0.407. The molecule has 0 aliphatic heterocycles. The number of nitrogens with two attached hydrogens (primary N) is 1. The molecular formula is C27H34F2N4O3S. The summed E-state index contributed by atoms with van der Waals surface area (Å²) in [5, 5.41) is 0. The molecule has 0 saturated carbocycles. The van der Waals surface area contributed by atoms with Gasteiger partial charge in [-0.25, -0.2) is 22.2 Å². The second kappa shape index (κ2) is 11.5. The van der Waals surface area contributed by atoms with E-state index in [1.54, 1.807) is 6.20 Å². The molecule has 0 radical (unpaired) electrons. The summed E-state index contributed by atoms with van der Waals surface area (Å²) in [5.41, 5.74) is 6.30. The molecule has 7 nitrogen and oxygen atoms in total. The van der Waals surface area contributed by atoms with Gasteiger partial charge >= 0.3 is 0 Å². The summed E-state index contributed by atoms with van der Waals surface area (Å²) in [6, 6.07) is 12.0. The van der Waals surface area contributed by atoms with Gasteiger partial charge in [0, 0.05) is 31.1 Å². The van der Waals surface area contributed by atoms with Gasteiger partial charge in [-0.15, -0.1) is 0 Å². The molecule has 3 rings (SSSR count). The Morgan fingerprint density at radius 1 is 1.14 bits per heavy atom. The summed E-state index contributed by atoms with van der Waals surface area (Å²) in [5.74, 6) is -2.01. The number of aromatic nitrogens is 2. The topological polar surface area (TPSA) is 98.3 Å². The lowest BCUT2D eigenvalue weighted by atomic mass is 9.84. The number of benzene rings is 2. The smallest absolute Gasteiger partial charge is 0.238 e. The zero-order chi connectivity index (χ0) is 27.4. The van der Waals surface area contributed by atoms with Gasteiger partial charge in [0.1, 0.15) is 23.2 Å². The van der Waals surface area contributed by atoms with Crippen molar-refractivity contribution < 1.29 is 22.0 Å². The van der Waals surface area contributed by atoms with Crippen molar-refractivity contribution in [3.05, 3.63) is 77.8 Å². The van der Waals surface area contributed by atoms with Crippen molar-refractivity contribution in [3.63, 3.8) is 0 Å². The van der Waals surface area contributed by atoms with Gasteiger partial charge in [-0.3, -0.25) is 4.79 Å². The SMILES string of the molecule is CC(C)(C)[C@H](c1nc(-c2cc(F)ccc2F)cn1Cc1ccccc1)N(CCCN)C(=O)CS(C)(=O)=O. The number of nitrogens with zero attached hydrogens (tertiary/aromatic N) is 3. The van der Waals surface area contributed by atoms with Gasteiger partial charge in [-0.1, -0.05) is 51.1 Å². The summed E-state index contributed by atoms with van der Waals surface area (Å²) in [7, 11) is -3.60. The number of amides is 1. The Balaban J connectivity index is 2.22. The van der Waals surface area contributed by atoms with E-state index in [1.165, 1.54) is 4.90 Å². The zero-order valence-electron chi connectivity index (χ0n) is 21.6. The summed E-state index contributed by atoms with van der Waals surface area (Å²) in [4.78, 5) is 19.6. The largest absolute Gasteiger partial charge is 0.331 e. The highest BCUT2D eigenvalue weighted by Gasteiger charge is 2.39. The molecule has 1 atom stereocenters. The summed E-state index contributed by atoms with van der Waals surface area (Å²) < 4.78 is 54.6. The normalized spacial score (nSPS) is 12.9. The molecule has 2 N–H and O–H groups in total. The minimum absolute atomic E-state index is 0.00306. The van der Waals surface area contributed by atoms with E-state index < -0.39 is 44.6 Å². The highest BCUT2D eigenvalue weighted by atomic mass is 32.2. The average molecular weight is 533 g/mol. The molecule has 0 bridgehead atoms. The van der Waals surface area contributed by atoms with Crippen LogP contribution in [0.1, 0.15) is 44.6 Å². The lowest BCUT2D eigenvalue weighted by Crippen LogP contribution is -2.45. The second-order valence-electron chi connectivity index (χ2n) is 10.3. The first-order valence-electron chi connectivity index (χ1n) is 12.0. The Bertz CT molecular complexity index is 1340. The van der Waals surface area contributed by atoms with E-state index in [4.69, 9.17) is 10.7 Å². The van der Waals surface area contributed by atoms with Crippen LogP contribution in [0.2, 0.25) is 0 Å². The van der Waals surface area contributed by atoms with Crippen LogP contribution < -0.4 is 5.73 Å². The van der Waals surface area contributed by atoms with Crippen LogP contribution in [0.15, 0.2) is 54.7 Å². The molecule has 0 saturated heterocycles. The number of hydrogen-bond acceptors (Lipinski definition) is 5. The van der Waals surface area contributed by atoms with Crippen LogP contribution in [0.3, 0.4) is 0 Å². The highest BCUT2D eigenvalue weighted by molar-refractivity contribution is 7.91. The van der Waals surface area contributed by atoms with Crippen LogP contribution in [-0.2, 0) is 21.2 Å². The van der Waals surface area contributed by atoms with Gasteiger partial charge in [0.2, 0.25) is 5.91 Å². The number of carbonyl (C=O) groups is 1. The number of carbonyl (C=O) groups excluding carboxylic acids is 1. The van der Waals surface area contributed by atoms with Gasteiger partial charge in [0.05, 0.1) is 11.7 Å². The summed E-state index contributed by atoms with van der Waals surface area (Å²) >= 11 is 0. The fourth-order valence-corrected chi connectivity index (χ4v) is 4.95. The predicted molar refractivity (Wildman–Crippen MR) is 140 cm³/mol. The number of imidazole rings is 1. The van der Waals surface area contributed by atoms with E-state index in [-0.39, 0.29) is 17.8 Å². The predicted octanol–water partition coefficient (Wildman–Crippen LogP) is 4.19. The van der Waals surface area contributed by atoms with Gasteiger partial charge in [0.15, 0.2) is 9.84 Å². The van der Waals surface area contributed by atoms with Crippen LogP contribution in [-0.4, -0.2) is 53.9 Å². The first-order valence-corrected chi connectivity index (χ1v) is 14.1. The second-order valence-corrected chi connectivity index (χ2v) is 12.4. The Kier molecular flexibility index (Phi) is 8.86. The maximum Gasteiger partial charge on any atom is 0.238 e. The molecule has 0 fully saturated rings. The van der Waals surface area contributed by atoms with Gasteiger partial charge in [-0.05, 0) is 42.1 Å². The van der Waals surface area contributed by atoms with E-state index in [1.807, 2.05) is 55.7 Å². The van der Waals surface area contributed by atoms with Crippen molar-refractivity contribution in [1.82, 2.24) is 14.5 Å². The third-order valence-corrected chi connectivity index (χ3v) is 6.66. The molecule has 10 heteroatoms. The highest BCUT2D eigenvalue weighted by Crippen LogP contribution is 2.39. The van der Waals surface area contributed by atoms with Crippen molar-refractivity contribution in [2.24, 2.45) is 11.1 Å². The quantitative estimate of drug-likeness (QED) is 0.422. The van der Waals surface area contributed by atoms with Crippen molar-refractivity contribution in [2.45, 2.75) is 39.8 Å². The maximum atomic E-state index is 14.7. The number of hydrogen-bond donors (Lipinski definition) is 1. The number of rotatable bonds is 10. The lowest BCUT2D eigenvalue weighted by molar-refractivity contribution is -0.133. The third kappa shape index (κ3) is 7.45. The Hall–Kier alpha value is -3.11. The molecular weight excluding hydrogens is 498 g/mol. The van der Waals surface area contributed by atoms with Crippen LogP contribution in [0, 0.1) is 17.0 Å². The molecule has 0 unspecified atom stereocenters. The molecule has 200 valence electrons. The number of sulfone groups is 1. The van der Waals surface area contributed by atoms with E-state index in [2.05, 4.69) is 0 Å². The Morgan fingerprint density at radius 3 is 2.41 bits per heavy atom. The zero-order valence-corrected chi connectivity index (χ0v) is 22.4. The molecule has 3 aromatic rings.